The maximum atomic E-state index is 5.98. The summed E-state index contributed by atoms with van der Waals surface area (Å²) in [6.07, 6.45) is 1.68. The van der Waals surface area contributed by atoms with Crippen LogP contribution in [0.1, 0.15) is 30.0 Å². The third kappa shape index (κ3) is 2.67. The first-order valence-corrected chi connectivity index (χ1v) is 7.02. The zero-order valence-electron chi connectivity index (χ0n) is 12.5. The zero-order valence-corrected chi connectivity index (χ0v) is 12.5. The van der Waals surface area contributed by atoms with Gasteiger partial charge in [-0.05, 0) is 44.2 Å². The maximum absolute atomic E-state index is 5.98. The van der Waals surface area contributed by atoms with Gasteiger partial charge in [-0.15, -0.1) is 0 Å². The fourth-order valence-corrected chi connectivity index (χ4v) is 2.52. The summed E-state index contributed by atoms with van der Waals surface area (Å²) < 4.78 is 16.6. The number of fused-ring (bicyclic) bond motifs is 1. The molecule has 0 amide bonds. The summed E-state index contributed by atoms with van der Waals surface area (Å²) in [4.78, 5) is 0. The Labute approximate surface area is 123 Å². The summed E-state index contributed by atoms with van der Waals surface area (Å²) in [6, 6.07) is 9.82. The van der Waals surface area contributed by atoms with Crippen LogP contribution < -0.4 is 10.1 Å². The molecule has 110 valence electrons. The van der Waals surface area contributed by atoms with Crippen molar-refractivity contribution in [2.24, 2.45) is 0 Å². The maximum Gasteiger partial charge on any atom is 0.134 e. The first-order valence-electron chi connectivity index (χ1n) is 7.02. The smallest absolute Gasteiger partial charge is 0.134 e. The van der Waals surface area contributed by atoms with Gasteiger partial charge >= 0.3 is 0 Å². The van der Waals surface area contributed by atoms with Crippen LogP contribution >= 0.6 is 0 Å². The number of benzene rings is 1. The highest BCUT2D eigenvalue weighted by Crippen LogP contribution is 2.31. The van der Waals surface area contributed by atoms with Crippen molar-refractivity contribution in [2.75, 3.05) is 7.11 Å². The molecule has 1 aromatic carbocycles. The average molecular weight is 285 g/mol. The van der Waals surface area contributed by atoms with Crippen LogP contribution in [-0.2, 0) is 6.54 Å². The number of furan rings is 2. The topological polar surface area (TPSA) is 47.5 Å². The highest BCUT2D eigenvalue weighted by molar-refractivity contribution is 5.83. The van der Waals surface area contributed by atoms with Crippen molar-refractivity contribution in [3.05, 3.63) is 53.7 Å². The van der Waals surface area contributed by atoms with E-state index in [1.54, 1.807) is 13.4 Å². The Kier molecular flexibility index (Phi) is 3.71. The molecule has 0 bridgehead atoms. The number of hydrogen-bond donors (Lipinski definition) is 1. The van der Waals surface area contributed by atoms with Gasteiger partial charge in [-0.1, -0.05) is 0 Å². The molecule has 0 saturated carbocycles. The molecule has 3 aromatic rings. The summed E-state index contributed by atoms with van der Waals surface area (Å²) in [6.45, 7) is 4.84. The lowest BCUT2D eigenvalue weighted by molar-refractivity contribution is 0.413. The fraction of sp³-hybridized carbons (Fsp3) is 0.294. The number of rotatable bonds is 5. The van der Waals surface area contributed by atoms with Crippen LogP contribution in [0.5, 0.6) is 5.75 Å². The van der Waals surface area contributed by atoms with Crippen molar-refractivity contribution >= 4 is 11.0 Å². The van der Waals surface area contributed by atoms with Crippen molar-refractivity contribution in [1.82, 2.24) is 5.32 Å². The molecule has 1 N–H and O–H groups in total. The number of aryl methyl sites for hydroxylation is 1. The van der Waals surface area contributed by atoms with Crippen LogP contribution in [0.15, 0.2) is 45.4 Å². The van der Waals surface area contributed by atoms with Gasteiger partial charge in [0.25, 0.3) is 0 Å². The van der Waals surface area contributed by atoms with Crippen LogP contribution in [0.25, 0.3) is 11.0 Å². The molecule has 0 fully saturated rings. The van der Waals surface area contributed by atoms with E-state index in [9.17, 15) is 0 Å². The van der Waals surface area contributed by atoms with Gasteiger partial charge in [-0.25, -0.2) is 0 Å². The van der Waals surface area contributed by atoms with Crippen LogP contribution in [-0.4, -0.2) is 7.11 Å². The second-order valence-corrected chi connectivity index (χ2v) is 5.14. The molecule has 0 aliphatic heterocycles. The summed E-state index contributed by atoms with van der Waals surface area (Å²) >= 11 is 0. The molecular weight excluding hydrogens is 266 g/mol. The summed E-state index contributed by atoms with van der Waals surface area (Å²) in [7, 11) is 1.67. The highest BCUT2D eigenvalue weighted by Gasteiger charge is 2.17. The van der Waals surface area contributed by atoms with Gasteiger partial charge in [-0.2, -0.15) is 0 Å². The van der Waals surface area contributed by atoms with E-state index in [2.05, 4.69) is 19.2 Å². The van der Waals surface area contributed by atoms with E-state index >= 15 is 0 Å². The van der Waals surface area contributed by atoms with Gasteiger partial charge in [0.05, 0.1) is 26.0 Å². The lowest BCUT2D eigenvalue weighted by Gasteiger charge is -2.11. The third-order valence-corrected chi connectivity index (χ3v) is 3.74. The lowest BCUT2D eigenvalue weighted by Crippen LogP contribution is -2.17. The predicted octanol–water partition coefficient (Wildman–Crippen LogP) is 4.19. The molecule has 1 unspecified atom stereocenters. The van der Waals surface area contributed by atoms with E-state index < -0.39 is 0 Å². The molecule has 0 spiro atoms. The van der Waals surface area contributed by atoms with Crippen LogP contribution in [0.2, 0.25) is 0 Å². The monoisotopic (exact) mass is 285 g/mol. The summed E-state index contributed by atoms with van der Waals surface area (Å²) in [5, 5.41) is 4.51. The Morgan fingerprint density at radius 2 is 2.14 bits per heavy atom. The first kappa shape index (κ1) is 13.8. The normalized spacial score (nSPS) is 12.7. The van der Waals surface area contributed by atoms with Gasteiger partial charge in [0.2, 0.25) is 0 Å². The highest BCUT2D eigenvalue weighted by atomic mass is 16.5. The summed E-state index contributed by atoms with van der Waals surface area (Å²) in [5.41, 5.74) is 2.03. The Morgan fingerprint density at radius 1 is 1.29 bits per heavy atom. The first-order chi connectivity index (χ1) is 10.2. The molecule has 4 nitrogen and oxygen atoms in total. The molecule has 3 rings (SSSR count). The van der Waals surface area contributed by atoms with E-state index in [4.69, 9.17) is 13.6 Å². The number of nitrogens with one attached hydrogen (secondary N) is 1. The summed E-state index contributed by atoms with van der Waals surface area (Å²) in [5.74, 6) is 2.70. The molecule has 0 aliphatic carbocycles. The third-order valence-electron chi connectivity index (χ3n) is 3.74. The second kappa shape index (κ2) is 5.66. The molecular formula is C17H19NO3. The SMILES string of the molecule is COc1ccc2oc(C(C)NCc3ccco3)c(C)c2c1. The van der Waals surface area contributed by atoms with Crippen molar-refractivity contribution in [1.29, 1.82) is 0 Å². The van der Waals surface area contributed by atoms with Gasteiger partial charge in [0.1, 0.15) is 22.9 Å². The van der Waals surface area contributed by atoms with E-state index in [0.29, 0.717) is 6.54 Å². The van der Waals surface area contributed by atoms with Gasteiger partial charge < -0.3 is 18.9 Å². The Bertz CT molecular complexity index is 728. The minimum Gasteiger partial charge on any atom is -0.497 e. The number of methoxy groups -OCH3 is 1. The van der Waals surface area contributed by atoms with Gasteiger partial charge in [0.15, 0.2) is 0 Å². The van der Waals surface area contributed by atoms with Crippen molar-refractivity contribution in [3.8, 4) is 5.75 Å². The molecule has 0 radical (unpaired) electrons. The van der Waals surface area contributed by atoms with Crippen molar-refractivity contribution in [3.63, 3.8) is 0 Å². The largest absolute Gasteiger partial charge is 0.497 e. The Balaban J connectivity index is 1.84. The Morgan fingerprint density at radius 3 is 2.86 bits per heavy atom. The lowest BCUT2D eigenvalue weighted by atomic mass is 10.1. The van der Waals surface area contributed by atoms with E-state index in [1.807, 2.05) is 30.3 Å². The van der Waals surface area contributed by atoms with Crippen molar-refractivity contribution < 1.29 is 13.6 Å². The van der Waals surface area contributed by atoms with E-state index in [0.717, 1.165) is 33.8 Å². The zero-order chi connectivity index (χ0) is 14.8. The fourth-order valence-electron chi connectivity index (χ4n) is 2.52. The molecule has 0 saturated heterocycles. The van der Waals surface area contributed by atoms with Gasteiger partial charge in [-0.3, -0.25) is 0 Å². The minimum atomic E-state index is 0.105. The predicted molar refractivity (Wildman–Crippen MR) is 81.5 cm³/mol. The second-order valence-electron chi connectivity index (χ2n) is 5.14. The average Bonchev–Trinajstić information content (AvgIpc) is 3.13. The molecule has 1 atom stereocenters. The van der Waals surface area contributed by atoms with E-state index in [-0.39, 0.29) is 6.04 Å². The molecule has 21 heavy (non-hydrogen) atoms. The standard InChI is InChI=1S/C17H19NO3/c1-11-15-9-13(19-3)6-7-16(15)21-17(11)12(2)18-10-14-5-4-8-20-14/h4-9,12,18H,10H2,1-3H3. The molecule has 2 heterocycles. The van der Waals surface area contributed by atoms with Crippen LogP contribution in [0, 0.1) is 6.92 Å². The molecule has 4 heteroatoms. The van der Waals surface area contributed by atoms with Gasteiger partial charge in [0, 0.05) is 10.9 Å². The van der Waals surface area contributed by atoms with Crippen LogP contribution in [0.4, 0.5) is 0 Å². The quantitative estimate of drug-likeness (QED) is 0.763. The minimum absolute atomic E-state index is 0.105. The number of ether oxygens (including phenoxy) is 1. The van der Waals surface area contributed by atoms with E-state index in [1.165, 1.54) is 0 Å². The van der Waals surface area contributed by atoms with Crippen molar-refractivity contribution in [2.45, 2.75) is 26.4 Å². The number of hydrogen-bond acceptors (Lipinski definition) is 4. The molecule has 0 aliphatic rings. The van der Waals surface area contributed by atoms with Crippen LogP contribution in [0.3, 0.4) is 0 Å². The Hall–Kier alpha value is -2.20. The molecule has 2 aromatic heterocycles.